The number of H-pyrrole nitrogens is 1. The molecule has 2 heterocycles. The van der Waals surface area contributed by atoms with Gasteiger partial charge in [0, 0.05) is 33.1 Å². The molecule has 4 aromatic rings. The van der Waals surface area contributed by atoms with Gasteiger partial charge in [-0.15, -0.1) is 0 Å². The topological polar surface area (TPSA) is 84.3 Å². The molecule has 2 aliphatic rings. The molecular weight excluding hydrogens is 440 g/mol. The van der Waals surface area contributed by atoms with E-state index in [1.165, 1.54) is 0 Å². The minimum Gasteiger partial charge on any atom is -0.486 e. The summed E-state index contributed by atoms with van der Waals surface area (Å²) in [5, 5.41) is 10.1. The number of ether oxygens (including phenoxy) is 3. The highest BCUT2D eigenvalue weighted by molar-refractivity contribution is 6.20. The molecule has 174 valence electrons. The molecule has 6 nitrogen and oxygen atoms in total. The summed E-state index contributed by atoms with van der Waals surface area (Å²) in [5.74, 6) is 0.651. The molecule has 1 aliphatic heterocycles. The monoisotopic (exact) mass is 464 g/mol. The van der Waals surface area contributed by atoms with E-state index in [1.807, 2.05) is 54.6 Å². The molecule has 1 saturated heterocycles. The number of nitrogens with zero attached hydrogens (tertiary/aromatic N) is 1. The minimum atomic E-state index is -0.457. The molecule has 0 saturated carbocycles. The van der Waals surface area contributed by atoms with Gasteiger partial charge < -0.3 is 19.2 Å². The molecule has 6 heteroatoms. The number of benzene rings is 3. The average Bonchev–Trinajstić information content (AvgIpc) is 3.29. The van der Waals surface area contributed by atoms with E-state index >= 15 is 0 Å². The molecule has 3 aromatic carbocycles. The Labute approximate surface area is 203 Å². The van der Waals surface area contributed by atoms with E-state index in [1.54, 1.807) is 12.1 Å². The summed E-state index contributed by atoms with van der Waals surface area (Å²) in [7, 11) is 0. The van der Waals surface area contributed by atoms with Gasteiger partial charge in [-0.2, -0.15) is 5.26 Å². The fourth-order valence-electron chi connectivity index (χ4n) is 5.10. The Kier molecular flexibility index (Phi) is 4.99. The van der Waals surface area contributed by atoms with Gasteiger partial charge in [0.2, 0.25) is 0 Å². The van der Waals surface area contributed by atoms with E-state index in [0.717, 1.165) is 27.7 Å². The molecule has 0 amide bonds. The van der Waals surface area contributed by atoms with Crippen molar-refractivity contribution in [3.05, 3.63) is 100 Å². The highest BCUT2D eigenvalue weighted by atomic mass is 16.7. The number of nitriles is 1. The smallest absolute Gasteiger partial charge is 0.195 e. The van der Waals surface area contributed by atoms with E-state index < -0.39 is 11.7 Å². The van der Waals surface area contributed by atoms with Crippen LogP contribution in [0.4, 0.5) is 0 Å². The fourth-order valence-corrected chi connectivity index (χ4v) is 5.10. The maximum atomic E-state index is 13.5. The number of carbonyl (C=O) groups is 1. The summed E-state index contributed by atoms with van der Waals surface area (Å²) in [6.07, 6.45) is -0.637. The fraction of sp³-hybridized carbons (Fsp3) is 0.241. The van der Waals surface area contributed by atoms with Crippen molar-refractivity contribution < 1.29 is 19.0 Å². The number of carbonyl (C=O) groups excluding carboxylic acids is 1. The van der Waals surface area contributed by atoms with Gasteiger partial charge in [0.1, 0.15) is 11.9 Å². The lowest BCUT2D eigenvalue weighted by Gasteiger charge is -2.33. The zero-order chi connectivity index (χ0) is 24.2. The van der Waals surface area contributed by atoms with Crippen molar-refractivity contribution in [1.82, 2.24) is 4.98 Å². The van der Waals surface area contributed by atoms with Gasteiger partial charge in [-0.1, -0.05) is 50.2 Å². The van der Waals surface area contributed by atoms with E-state index in [9.17, 15) is 10.1 Å². The maximum absolute atomic E-state index is 13.5. The molecule has 1 aromatic heterocycles. The Morgan fingerprint density at radius 2 is 1.80 bits per heavy atom. The van der Waals surface area contributed by atoms with Gasteiger partial charge in [-0.3, -0.25) is 4.79 Å². The first kappa shape index (κ1) is 21.6. The van der Waals surface area contributed by atoms with Gasteiger partial charge in [0.25, 0.3) is 0 Å². The van der Waals surface area contributed by atoms with Crippen molar-refractivity contribution in [2.24, 2.45) is 0 Å². The molecule has 0 radical (unpaired) electrons. The second kappa shape index (κ2) is 8.09. The highest BCUT2D eigenvalue weighted by Crippen LogP contribution is 2.44. The second-order valence-corrected chi connectivity index (χ2v) is 9.56. The predicted molar refractivity (Wildman–Crippen MR) is 131 cm³/mol. The van der Waals surface area contributed by atoms with Crippen LogP contribution in [0.15, 0.2) is 66.7 Å². The third kappa shape index (κ3) is 3.52. The molecular formula is C29H24N2O4. The van der Waals surface area contributed by atoms with Crippen LogP contribution in [-0.2, 0) is 14.9 Å². The molecule has 1 N–H and O–H groups in total. The zero-order valence-electron chi connectivity index (χ0n) is 19.5. The predicted octanol–water partition coefficient (Wildman–Crippen LogP) is 5.40. The number of hydrogen-bond acceptors (Lipinski definition) is 5. The van der Waals surface area contributed by atoms with E-state index in [4.69, 9.17) is 14.2 Å². The van der Waals surface area contributed by atoms with Crippen LogP contribution in [0.1, 0.15) is 58.4 Å². The first-order chi connectivity index (χ1) is 17.0. The first-order valence-electron chi connectivity index (χ1n) is 11.7. The van der Waals surface area contributed by atoms with Crippen LogP contribution in [0.2, 0.25) is 0 Å². The zero-order valence-corrected chi connectivity index (χ0v) is 19.5. The summed E-state index contributed by atoms with van der Waals surface area (Å²) in [5.41, 5.74) is 4.98. The number of hydrogen-bond donors (Lipinski definition) is 1. The summed E-state index contributed by atoms with van der Waals surface area (Å²) in [6.45, 7) is 5.01. The van der Waals surface area contributed by atoms with Crippen LogP contribution in [0.25, 0.3) is 10.9 Å². The van der Waals surface area contributed by atoms with Gasteiger partial charge >= 0.3 is 0 Å². The van der Waals surface area contributed by atoms with Crippen LogP contribution >= 0.6 is 0 Å². The number of fused-ring (bicyclic) bond motifs is 4. The van der Waals surface area contributed by atoms with E-state index in [2.05, 4.69) is 24.9 Å². The Bertz CT molecular complexity index is 1490. The van der Waals surface area contributed by atoms with Crippen LogP contribution in [0.3, 0.4) is 0 Å². The SMILES string of the molecule is CC1(C)c2cc(OC3COC(c4ccccc4)OC3)ccc2C(=O)c2c1[nH]c1cc(C#N)ccc21. The lowest BCUT2D eigenvalue weighted by atomic mass is 9.71. The molecule has 0 atom stereocenters. The second-order valence-electron chi connectivity index (χ2n) is 9.56. The number of aromatic nitrogens is 1. The van der Waals surface area contributed by atoms with Crippen LogP contribution < -0.4 is 4.74 Å². The Hall–Kier alpha value is -3.92. The molecule has 35 heavy (non-hydrogen) atoms. The normalized spacial score (nSPS) is 20.7. The summed E-state index contributed by atoms with van der Waals surface area (Å²) in [6, 6.07) is 23.0. The minimum absolute atomic E-state index is 0.0214. The van der Waals surface area contributed by atoms with Crippen LogP contribution in [0, 0.1) is 11.3 Å². The maximum Gasteiger partial charge on any atom is 0.195 e. The Balaban J connectivity index is 1.27. The van der Waals surface area contributed by atoms with Crippen molar-refractivity contribution in [2.45, 2.75) is 31.7 Å². The standard InChI is InChI=1S/C29H24N2O4/c1-29(2)23-13-19(35-20-15-33-28(34-16-20)18-6-4-3-5-7-18)9-11-21(23)26(32)25-22-10-8-17(14-30)12-24(22)31-27(25)29/h3-13,20,28,31H,15-16H2,1-2H3. The lowest BCUT2D eigenvalue weighted by Crippen LogP contribution is -2.36. The van der Waals surface area contributed by atoms with Gasteiger partial charge in [0.05, 0.1) is 30.4 Å². The number of ketones is 1. The quantitative estimate of drug-likeness (QED) is 0.439. The largest absolute Gasteiger partial charge is 0.486 e. The van der Waals surface area contributed by atoms with Gasteiger partial charge in [-0.25, -0.2) is 0 Å². The molecule has 6 rings (SSSR count). The van der Waals surface area contributed by atoms with Crippen LogP contribution in [-0.4, -0.2) is 30.1 Å². The Morgan fingerprint density at radius 1 is 1.03 bits per heavy atom. The average molecular weight is 465 g/mol. The van der Waals surface area contributed by atoms with Crippen molar-refractivity contribution in [3.8, 4) is 11.8 Å². The number of rotatable bonds is 3. The first-order valence-corrected chi connectivity index (χ1v) is 11.7. The molecule has 1 aliphatic carbocycles. The van der Waals surface area contributed by atoms with Gasteiger partial charge in [-0.05, 0) is 35.9 Å². The molecule has 1 fully saturated rings. The lowest BCUT2D eigenvalue weighted by molar-refractivity contribution is -0.215. The summed E-state index contributed by atoms with van der Waals surface area (Å²) >= 11 is 0. The highest BCUT2D eigenvalue weighted by Gasteiger charge is 2.40. The number of nitrogens with one attached hydrogen (secondary N) is 1. The van der Waals surface area contributed by atoms with Crippen molar-refractivity contribution in [2.75, 3.05) is 13.2 Å². The van der Waals surface area contributed by atoms with Crippen LogP contribution in [0.5, 0.6) is 5.75 Å². The molecule has 0 spiro atoms. The molecule has 0 bridgehead atoms. The summed E-state index contributed by atoms with van der Waals surface area (Å²) < 4.78 is 18.0. The third-order valence-electron chi connectivity index (χ3n) is 6.93. The Morgan fingerprint density at radius 3 is 2.54 bits per heavy atom. The molecule has 0 unspecified atom stereocenters. The van der Waals surface area contributed by atoms with Crippen molar-refractivity contribution in [3.63, 3.8) is 0 Å². The number of aromatic amines is 1. The van der Waals surface area contributed by atoms with Crippen molar-refractivity contribution in [1.29, 1.82) is 5.26 Å². The van der Waals surface area contributed by atoms with Gasteiger partial charge in [0.15, 0.2) is 12.1 Å². The van der Waals surface area contributed by atoms with E-state index in [-0.39, 0.29) is 11.9 Å². The third-order valence-corrected chi connectivity index (χ3v) is 6.93. The van der Waals surface area contributed by atoms with Crippen molar-refractivity contribution >= 4 is 16.7 Å². The summed E-state index contributed by atoms with van der Waals surface area (Å²) in [4.78, 5) is 17.0. The van der Waals surface area contributed by atoms with E-state index in [0.29, 0.717) is 35.7 Å².